The fourth-order valence-corrected chi connectivity index (χ4v) is 3.15. The van der Waals surface area contributed by atoms with E-state index in [1.165, 1.54) is 12.8 Å². The highest BCUT2D eigenvalue weighted by atomic mass is 79.9. The number of aliphatic hydroxyl groups is 1. The summed E-state index contributed by atoms with van der Waals surface area (Å²) in [7, 11) is 1.95. The Balaban J connectivity index is 2.13. The smallest absolute Gasteiger partial charge is 0.0766 e. The van der Waals surface area contributed by atoms with Crippen molar-refractivity contribution in [3.05, 3.63) is 15.9 Å². The molecule has 0 saturated heterocycles. The van der Waals surface area contributed by atoms with Crippen LogP contribution in [0.5, 0.6) is 0 Å². The summed E-state index contributed by atoms with van der Waals surface area (Å²) in [6.07, 6.45) is 5.06. The normalized spacial score (nSPS) is 19.4. The van der Waals surface area contributed by atoms with Crippen LogP contribution in [0.15, 0.2) is 4.47 Å². The molecule has 1 saturated carbocycles. The number of aromatic nitrogens is 2. The van der Waals surface area contributed by atoms with E-state index in [1.807, 2.05) is 18.7 Å². The summed E-state index contributed by atoms with van der Waals surface area (Å²) in [5.41, 5.74) is 1.57. The van der Waals surface area contributed by atoms with Crippen LogP contribution in [-0.4, -0.2) is 20.5 Å². The van der Waals surface area contributed by atoms with Gasteiger partial charge in [-0.2, -0.15) is 5.10 Å². The third kappa shape index (κ3) is 3.10. The van der Waals surface area contributed by atoms with E-state index in [0.717, 1.165) is 34.6 Å². The number of hydrogen-bond acceptors (Lipinski definition) is 2. The molecular formula is C13H21BrN2O. The Morgan fingerprint density at radius 2 is 2.18 bits per heavy atom. The topological polar surface area (TPSA) is 38.0 Å². The van der Waals surface area contributed by atoms with E-state index in [9.17, 15) is 5.11 Å². The predicted molar refractivity (Wildman–Crippen MR) is 72.0 cm³/mol. The SMILES string of the molecule is CCc1nn(C)c(CC(C)(O)CC2CC2)c1Br. The lowest BCUT2D eigenvalue weighted by Gasteiger charge is -2.23. The number of aryl methyl sites for hydroxylation is 2. The van der Waals surface area contributed by atoms with Gasteiger partial charge < -0.3 is 5.11 Å². The van der Waals surface area contributed by atoms with Gasteiger partial charge in [-0.3, -0.25) is 4.68 Å². The second kappa shape index (κ2) is 4.73. The Kier molecular flexibility index (Phi) is 3.64. The summed E-state index contributed by atoms with van der Waals surface area (Å²) < 4.78 is 2.96. The number of hydrogen-bond donors (Lipinski definition) is 1. The Morgan fingerprint density at radius 3 is 2.65 bits per heavy atom. The monoisotopic (exact) mass is 300 g/mol. The second-order valence-electron chi connectivity index (χ2n) is 5.51. The Hall–Kier alpha value is -0.350. The largest absolute Gasteiger partial charge is 0.390 e. The first-order chi connectivity index (χ1) is 7.93. The van der Waals surface area contributed by atoms with Crippen LogP contribution in [-0.2, 0) is 19.9 Å². The van der Waals surface area contributed by atoms with E-state index in [1.54, 1.807) is 0 Å². The van der Waals surface area contributed by atoms with E-state index >= 15 is 0 Å². The molecule has 1 aromatic rings. The zero-order valence-corrected chi connectivity index (χ0v) is 12.4. The molecule has 1 aliphatic rings. The highest BCUT2D eigenvalue weighted by molar-refractivity contribution is 9.10. The first kappa shape index (κ1) is 13.1. The van der Waals surface area contributed by atoms with Crippen molar-refractivity contribution in [3.63, 3.8) is 0 Å². The maximum absolute atomic E-state index is 10.4. The molecule has 3 nitrogen and oxygen atoms in total. The lowest BCUT2D eigenvalue weighted by molar-refractivity contribution is 0.0435. The van der Waals surface area contributed by atoms with Crippen LogP contribution in [0.1, 0.15) is 44.5 Å². The summed E-state index contributed by atoms with van der Waals surface area (Å²) in [5.74, 6) is 0.739. The van der Waals surface area contributed by atoms with Crippen LogP contribution < -0.4 is 0 Å². The molecule has 1 unspecified atom stereocenters. The molecule has 1 heterocycles. The van der Waals surface area contributed by atoms with Crippen molar-refractivity contribution in [3.8, 4) is 0 Å². The van der Waals surface area contributed by atoms with E-state index in [4.69, 9.17) is 0 Å². The van der Waals surface area contributed by atoms with Crippen LogP contribution in [0.3, 0.4) is 0 Å². The van der Waals surface area contributed by atoms with Crippen molar-refractivity contribution in [2.45, 2.75) is 51.6 Å². The van der Waals surface area contributed by atoms with Crippen LogP contribution in [0.4, 0.5) is 0 Å². The molecule has 1 aromatic heterocycles. The van der Waals surface area contributed by atoms with Gasteiger partial charge in [0.25, 0.3) is 0 Å². The fourth-order valence-electron chi connectivity index (χ4n) is 2.39. The summed E-state index contributed by atoms with van der Waals surface area (Å²) >= 11 is 3.60. The molecule has 1 fully saturated rings. The van der Waals surface area contributed by atoms with Crippen molar-refractivity contribution < 1.29 is 5.11 Å². The molecule has 0 amide bonds. The number of nitrogens with zero attached hydrogens (tertiary/aromatic N) is 2. The van der Waals surface area contributed by atoms with Crippen LogP contribution in [0.2, 0.25) is 0 Å². The molecule has 0 aliphatic heterocycles. The molecule has 4 heteroatoms. The molecule has 1 aliphatic carbocycles. The fraction of sp³-hybridized carbons (Fsp3) is 0.769. The zero-order valence-electron chi connectivity index (χ0n) is 10.8. The van der Waals surface area contributed by atoms with Crippen molar-refractivity contribution in [2.75, 3.05) is 0 Å². The molecule has 0 radical (unpaired) electrons. The standard InChI is InChI=1S/C13H21BrN2O/c1-4-10-12(14)11(16(3)15-10)8-13(2,17)7-9-5-6-9/h9,17H,4-8H2,1-3H3. The minimum Gasteiger partial charge on any atom is -0.390 e. The van der Waals surface area contributed by atoms with Gasteiger partial charge in [0.15, 0.2) is 0 Å². The van der Waals surface area contributed by atoms with Crippen LogP contribution in [0, 0.1) is 5.92 Å². The second-order valence-corrected chi connectivity index (χ2v) is 6.30. The lowest BCUT2D eigenvalue weighted by Crippen LogP contribution is -2.29. The van der Waals surface area contributed by atoms with Gasteiger partial charge in [-0.15, -0.1) is 0 Å². The first-order valence-corrected chi connectivity index (χ1v) is 7.15. The van der Waals surface area contributed by atoms with Gasteiger partial charge in [-0.1, -0.05) is 19.8 Å². The van der Waals surface area contributed by atoms with Crippen molar-refractivity contribution in [1.29, 1.82) is 0 Å². The molecule has 17 heavy (non-hydrogen) atoms. The third-order valence-corrected chi connectivity index (χ3v) is 4.39. The molecule has 0 spiro atoms. The maximum atomic E-state index is 10.4. The van der Waals surface area contributed by atoms with E-state index in [0.29, 0.717) is 6.42 Å². The number of halogens is 1. The molecule has 1 atom stereocenters. The molecule has 96 valence electrons. The van der Waals surface area contributed by atoms with Gasteiger partial charge in [0.05, 0.1) is 21.5 Å². The molecule has 0 bridgehead atoms. The van der Waals surface area contributed by atoms with Crippen molar-refractivity contribution in [2.24, 2.45) is 13.0 Å². The van der Waals surface area contributed by atoms with Crippen molar-refractivity contribution >= 4 is 15.9 Å². The van der Waals surface area contributed by atoms with E-state index < -0.39 is 5.60 Å². The van der Waals surface area contributed by atoms with Gasteiger partial charge in [0.2, 0.25) is 0 Å². The predicted octanol–water partition coefficient (Wildman–Crippen LogP) is 2.84. The van der Waals surface area contributed by atoms with E-state index in [-0.39, 0.29) is 0 Å². The van der Waals surface area contributed by atoms with Crippen LogP contribution in [0.25, 0.3) is 0 Å². The average Bonchev–Trinajstić information content (AvgIpc) is 2.99. The minimum atomic E-state index is -0.609. The van der Waals surface area contributed by atoms with Gasteiger partial charge >= 0.3 is 0 Å². The van der Waals surface area contributed by atoms with Gasteiger partial charge in [0.1, 0.15) is 0 Å². The average molecular weight is 301 g/mol. The summed E-state index contributed by atoms with van der Waals surface area (Å²) in [6, 6.07) is 0. The highest BCUT2D eigenvalue weighted by Gasteiger charge is 2.33. The van der Waals surface area contributed by atoms with Gasteiger partial charge in [0, 0.05) is 13.5 Å². The van der Waals surface area contributed by atoms with Crippen molar-refractivity contribution in [1.82, 2.24) is 9.78 Å². The maximum Gasteiger partial charge on any atom is 0.0766 e. The van der Waals surface area contributed by atoms with Gasteiger partial charge in [-0.25, -0.2) is 0 Å². The summed E-state index contributed by atoms with van der Waals surface area (Å²) in [6.45, 7) is 4.04. The Labute approximate surface area is 111 Å². The Bertz CT molecular complexity index is 408. The highest BCUT2D eigenvalue weighted by Crippen LogP contribution is 2.38. The molecule has 2 rings (SSSR count). The molecule has 1 N–H and O–H groups in total. The molecular weight excluding hydrogens is 280 g/mol. The zero-order chi connectivity index (χ0) is 12.6. The minimum absolute atomic E-state index is 0.609. The quantitative estimate of drug-likeness (QED) is 0.908. The van der Waals surface area contributed by atoms with Crippen LogP contribution >= 0.6 is 15.9 Å². The number of rotatable bonds is 5. The lowest BCUT2D eigenvalue weighted by atomic mass is 9.93. The Morgan fingerprint density at radius 1 is 1.53 bits per heavy atom. The summed E-state index contributed by atoms with van der Waals surface area (Å²) in [5, 5.41) is 14.9. The first-order valence-electron chi connectivity index (χ1n) is 6.35. The molecule has 0 aromatic carbocycles. The third-order valence-electron chi connectivity index (χ3n) is 3.48. The summed E-state index contributed by atoms with van der Waals surface area (Å²) in [4.78, 5) is 0. The van der Waals surface area contributed by atoms with E-state index in [2.05, 4.69) is 28.0 Å². The van der Waals surface area contributed by atoms with Gasteiger partial charge in [-0.05, 0) is 41.6 Å².